The Labute approximate surface area is 173 Å². The van der Waals surface area contributed by atoms with Crippen molar-refractivity contribution in [3.05, 3.63) is 89.4 Å². The Kier molecular flexibility index (Phi) is 5.67. The van der Waals surface area contributed by atoms with Crippen LogP contribution in [0.25, 0.3) is 0 Å². The van der Waals surface area contributed by atoms with E-state index in [2.05, 4.69) is 14.9 Å². The summed E-state index contributed by atoms with van der Waals surface area (Å²) in [6.07, 6.45) is 2.73. The maximum atomic E-state index is 13.5. The van der Waals surface area contributed by atoms with Crippen LogP contribution in [-0.2, 0) is 0 Å². The molecule has 1 aliphatic heterocycles. The number of nitrogen functional groups attached to an aromatic ring is 1. The van der Waals surface area contributed by atoms with Gasteiger partial charge in [0.2, 0.25) is 0 Å². The van der Waals surface area contributed by atoms with Gasteiger partial charge in [-0.05, 0) is 35.4 Å². The Hall–Kier alpha value is -3.39. The molecule has 1 fully saturated rings. The van der Waals surface area contributed by atoms with E-state index in [1.165, 1.54) is 36.8 Å². The summed E-state index contributed by atoms with van der Waals surface area (Å²) in [5.74, 6) is -0.662. The summed E-state index contributed by atoms with van der Waals surface area (Å²) in [7, 11) is 0. The zero-order valence-corrected chi connectivity index (χ0v) is 16.2. The smallest absolute Gasteiger partial charge is 0.259 e. The van der Waals surface area contributed by atoms with Crippen LogP contribution in [0.3, 0.4) is 0 Å². The van der Waals surface area contributed by atoms with Gasteiger partial charge in [0.05, 0.1) is 11.6 Å². The second kappa shape index (κ2) is 8.54. The number of benzene rings is 2. The number of hydrogen-bond acceptors (Lipinski definition) is 5. The van der Waals surface area contributed by atoms with Crippen LogP contribution in [0.15, 0.2) is 61.1 Å². The molecule has 1 amide bonds. The van der Waals surface area contributed by atoms with Gasteiger partial charge in [0.15, 0.2) is 0 Å². The van der Waals surface area contributed by atoms with Crippen molar-refractivity contribution >= 4 is 11.7 Å². The molecule has 0 spiro atoms. The van der Waals surface area contributed by atoms with E-state index >= 15 is 0 Å². The highest BCUT2D eigenvalue weighted by Gasteiger charge is 2.29. The van der Waals surface area contributed by atoms with E-state index in [1.54, 1.807) is 29.2 Å². The van der Waals surface area contributed by atoms with Gasteiger partial charge >= 0.3 is 0 Å². The SMILES string of the molecule is Nc1ncncc1C(=O)N1CCN(C(c2ccc(F)cc2)c2ccc(F)cc2)CC1. The van der Waals surface area contributed by atoms with Crippen molar-refractivity contribution in [3.63, 3.8) is 0 Å². The highest BCUT2D eigenvalue weighted by molar-refractivity contribution is 5.98. The Morgan fingerprint density at radius 3 is 1.93 bits per heavy atom. The molecule has 0 unspecified atom stereocenters. The van der Waals surface area contributed by atoms with Crippen LogP contribution in [0, 0.1) is 11.6 Å². The molecular formula is C22H21F2N5O. The third-order valence-electron chi connectivity index (χ3n) is 5.31. The zero-order chi connectivity index (χ0) is 21.1. The summed E-state index contributed by atoms with van der Waals surface area (Å²) < 4.78 is 26.9. The predicted octanol–water partition coefficient (Wildman–Crippen LogP) is 2.88. The van der Waals surface area contributed by atoms with Gasteiger partial charge in [-0.15, -0.1) is 0 Å². The number of piperazine rings is 1. The third-order valence-corrected chi connectivity index (χ3v) is 5.31. The molecule has 1 aromatic heterocycles. The molecule has 0 saturated carbocycles. The number of halogens is 2. The predicted molar refractivity (Wildman–Crippen MR) is 109 cm³/mol. The fraction of sp³-hybridized carbons (Fsp3) is 0.227. The number of anilines is 1. The van der Waals surface area contributed by atoms with Crippen molar-refractivity contribution in [2.45, 2.75) is 6.04 Å². The first-order chi connectivity index (χ1) is 14.5. The topological polar surface area (TPSA) is 75.3 Å². The quantitative estimate of drug-likeness (QED) is 0.717. The van der Waals surface area contributed by atoms with E-state index in [-0.39, 0.29) is 29.4 Å². The first-order valence-corrected chi connectivity index (χ1v) is 9.62. The molecule has 0 atom stereocenters. The minimum Gasteiger partial charge on any atom is -0.383 e. The second-order valence-electron chi connectivity index (χ2n) is 7.16. The summed E-state index contributed by atoms with van der Waals surface area (Å²) in [5.41, 5.74) is 7.91. The van der Waals surface area contributed by atoms with E-state index < -0.39 is 0 Å². The molecule has 0 radical (unpaired) electrons. The minimum atomic E-state index is -0.310. The largest absolute Gasteiger partial charge is 0.383 e. The van der Waals surface area contributed by atoms with Crippen molar-refractivity contribution < 1.29 is 13.6 Å². The normalized spacial score (nSPS) is 14.8. The molecule has 8 heteroatoms. The summed E-state index contributed by atoms with van der Waals surface area (Å²) in [4.78, 5) is 24.5. The lowest BCUT2D eigenvalue weighted by atomic mass is 9.96. The number of nitrogens with two attached hydrogens (primary N) is 1. The Morgan fingerprint density at radius 1 is 0.900 bits per heavy atom. The fourth-order valence-electron chi connectivity index (χ4n) is 3.76. The van der Waals surface area contributed by atoms with Crippen LogP contribution in [0.5, 0.6) is 0 Å². The van der Waals surface area contributed by atoms with Crippen LogP contribution in [-0.4, -0.2) is 51.9 Å². The first kappa shape index (κ1) is 19.9. The average Bonchev–Trinajstić information content (AvgIpc) is 2.77. The molecule has 2 N–H and O–H groups in total. The zero-order valence-electron chi connectivity index (χ0n) is 16.2. The van der Waals surface area contributed by atoms with Crippen LogP contribution in [0.2, 0.25) is 0 Å². The second-order valence-corrected chi connectivity index (χ2v) is 7.16. The molecular weight excluding hydrogens is 388 g/mol. The first-order valence-electron chi connectivity index (χ1n) is 9.62. The molecule has 2 aromatic carbocycles. The number of aromatic nitrogens is 2. The van der Waals surface area contributed by atoms with Gasteiger partial charge in [0.1, 0.15) is 23.8 Å². The number of carbonyl (C=O) groups excluding carboxylic acids is 1. The van der Waals surface area contributed by atoms with Gasteiger partial charge in [0.25, 0.3) is 5.91 Å². The van der Waals surface area contributed by atoms with Crippen LogP contribution in [0.4, 0.5) is 14.6 Å². The molecule has 4 rings (SSSR count). The number of nitrogens with zero attached hydrogens (tertiary/aromatic N) is 4. The van der Waals surface area contributed by atoms with Crippen molar-refractivity contribution in [1.82, 2.24) is 19.8 Å². The monoisotopic (exact) mass is 409 g/mol. The molecule has 1 aliphatic rings. The number of rotatable bonds is 4. The van der Waals surface area contributed by atoms with Crippen LogP contribution < -0.4 is 5.73 Å². The number of amides is 1. The summed E-state index contributed by atoms with van der Waals surface area (Å²) in [5, 5.41) is 0. The molecule has 154 valence electrons. The Bertz CT molecular complexity index is 973. The molecule has 6 nitrogen and oxygen atoms in total. The van der Waals surface area contributed by atoms with Crippen molar-refractivity contribution in [1.29, 1.82) is 0 Å². The summed E-state index contributed by atoms with van der Waals surface area (Å²) >= 11 is 0. The van der Waals surface area contributed by atoms with Gasteiger partial charge in [-0.3, -0.25) is 9.69 Å². The van der Waals surface area contributed by atoms with Gasteiger partial charge in [-0.1, -0.05) is 24.3 Å². The molecule has 3 aromatic rings. The maximum Gasteiger partial charge on any atom is 0.259 e. The minimum absolute atomic E-state index is 0.160. The maximum absolute atomic E-state index is 13.5. The van der Waals surface area contributed by atoms with E-state index in [4.69, 9.17) is 5.73 Å². The van der Waals surface area contributed by atoms with Gasteiger partial charge in [-0.2, -0.15) is 0 Å². The van der Waals surface area contributed by atoms with Crippen LogP contribution in [0.1, 0.15) is 27.5 Å². The lowest BCUT2D eigenvalue weighted by molar-refractivity contribution is 0.0597. The van der Waals surface area contributed by atoms with Crippen molar-refractivity contribution in [2.24, 2.45) is 0 Å². The lowest BCUT2D eigenvalue weighted by Crippen LogP contribution is -2.50. The van der Waals surface area contributed by atoms with E-state index in [0.717, 1.165) is 11.1 Å². The number of carbonyl (C=O) groups is 1. The molecule has 1 saturated heterocycles. The Balaban J connectivity index is 1.55. The van der Waals surface area contributed by atoms with Gasteiger partial charge < -0.3 is 10.6 Å². The summed E-state index contributed by atoms with van der Waals surface area (Å²) in [6.45, 7) is 2.18. The van der Waals surface area contributed by atoms with Crippen molar-refractivity contribution in [3.8, 4) is 0 Å². The number of hydrogen-bond donors (Lipinski definition) is 1. The highest BCUT2D eigenvalue weighted by Crippen LogP contribution is 2.30. The third kappa shape index (κ3) is 4.13. The van der Waals surface area contributed by atoms with E-state index in [9.17, 15) is 13.6 Å². The molecule has 30 heavy (non-hydrogen) atoms. The molecule has 0 bridgehead atoms. The van der Waals surface area contributed by atoms with E-state index in [1.807, 2.05) is 0 Å². The Morgan fingerprint density at radius 2 is 1.43 bits per heavy atom. The van der Waals surface area contributed by atoms with E-state index in [0.29, 0.717) is 31.7 Å². The highest BCUT2D eigenvalue weighted by atomic mass is 19.1. The standard InChI is InChI=1S/C22H21F2N5O/c23-17-5-1-15(2-6-17)20(16-3-7-18(24)8-4-16)28-9-11-29(12-10-28)22(30)19-13-26-14-27-21(19)25/h1-8,13-14,20H,9-12H2,(H2,25,26,27). The molecule has 2 heterocycles. The van der Waals surface area contributed by atoms with Gasteiger partial charge in [0, 0.05) is 32.4 Å². The average molecular weight is 409 g/mol. The lowest BCUT2D eigenvalue weighted by Gasteiger charge is -2.39. The fourth-order valence-corrected chi connectivity index (χ4v) is 3.76. The summed E-state index contributed by atoms with van der Waals surface area (Å²) in [6, 6.07) is 12.5. The van der Waals surface area contributed by atoms with Crippen molar-refractivity contribution in [2.75, 3.05) is 31.9 Å². The molecule has 0 aliphatic carbocycles. The van der Waals surface area contributed by atoms with Gasteiger partial charge in [-0.25, -0.2) is 18.7 Å². The van der Waals surface area contributed by atoms with Crippen LogP contribution >= 0.6 is 0 Å².